The fraction of sp³-hybridized carbons (Fsp3) is 0.357. The third-order valence-electron chi connectivity index (χ3n) is 3.08. The summed E-state index contributed by atoms with van der Waals surface area (Å²) in [6.07, 6.45) is 8.32. The number of nitrogens with two attached hydrogens (primary N) is 1. The Morgan fingerprint density at radius 2 is 2.41 bits per heavy atom. The van der Waals surface area contributed by atoms with E-state index in [4.69, 9.17) is 12.2 Å². The smallest absolute Gasteiger partial charge is 0.232 e. The topological polar surface area (TPSA) is 55.1 Å². The van der Waals surface area contributed by atoms with Crippen molar-refractivity contribution in [2.75, 3.05) is 5.73 Å². The Balaban J connectivity index is 2.18. The first-order valence-corrected chi connectivity index (χ1v) is 5.82. The lowest BCUT2D eigenvalue weighted by molar-refractivity contribution is -0.120. The standard InChI is InChI=1S/C14H16N2O/c1-2-4-14(17)16-13-6-3-5-10-9-11(15)7-8-12(10)13/h1,7-9,13H,3-6,15H2,(H,16,17). The fourth-order valence-electron chi connectivity index (χ4n) is 2.32. The van der Waals surface area contributed by atoms with Crippen molar-refractivity contribution in [1.82, 2.24) is 5.32 Å². The second-order valence-electron chi connectivity index (χ2n) is 4.35. The number of nitrogen functional groups attached to an aromatic ring is 1. The van der Waals surface area contributed by atoms with E-state index in [1.807, 2.05) is 18.2 Å². The molecule has 1 aliphatic carbocycles. The molecule has 88 valence electrons. The number of hydrogen-bond acceptors (Lipinski definition) is 2. The first-order valence-electron chi connectivity index (χ1n) is 5.82. The molecule has 3 heteroatoms. The summed E-state index contributed by atoms with van der Waals surface area (Å²) in [5, 5.41) is 2.97. The maximum Gasteiger partial charge on any atom is 0.232 e. The molecule has 1 atom stereocenters. The highest BCUT2D eigenvalue weighted by Gasteiger charge is 2.21. The molecule has 0 spiro atoms. The van der Waals surface area contributed by atoms with Crippen molar-refractivity contribution in [3.8, 4) is 12.3 Å². The predicted octanol–water partition coefficient (Wildman–Crippen LogP) is 1.79. The number of anilines is 1. The number of aryl methyl sites for hydroxylation is 1. The first-order chi connectivity index (χ1) is 8.20. The zero-order valence-corrected chi connectivity index (χ0v) is 9.70. The summed E-state index contributed by atoms with van der Waals surface area (Å²) in [4.78, 5) is 11.5. The molecule has 0 radical (unpaired) electrons. The summed E-state index contributed by atoms with van der Waals surface area (Å²) in [5.74, 6) is 2.28. The molecule has 0 bridgehead atoms. The molecular formula is C14H16N2O. The van der Waals surface area contributed by atoms with E-state index in [1.54, 1.807) is 0 Å². The van der Waals surface area contributed by atoms with Crippen LogP contribution in [0.1, 0.15) is 36.4 Å². The van der Waals surface area contributed by atoms with Crippen molar-refractivity contribution in [2.45, 2.75) is 31.7 Å². The van der Waals surface area contributed by atoms with Crippen LogP contribution in [0, 0.1) is 12.3 Å². The van der Waals surface area contributed by atoms with Gasteiger partial charge in [-0.15, -0.1) is 6.42 Å². The molecule has 1 aromatic rings. The van der Waals surface area contributed by atoms with Gasteiger partial charge in [-0.25, -0.2) is 0 Å². The molecule has 0 fully saturated rings. The van der Waals surface area contributed by atoms with Crippen molar-refractivity contribution in [1.29, 1.82) is 0 Å². The summed E-state index contributed by atoms with van der Waals surface area (Å²) in [6.45, 7) is 0. The Morgan fingerprint density at radius 3 is 3.18 bits per heavy atom. The molecule has 1 unspecified atom stereocenters. The number of amides is 1. The van der Waals surface area contributed by atoms with Gasteiger partial charge >= 0.3 is 0 Å². The number of fused-ring (bicyclic) bond motifs is 1. The van der Waals surface area contributed by atoms with Crippen molar-refractivity contribution in [2.24, 2.45) is 0 Å². The van der Waals surface area contributed by atoms with Crippen LogP contribution >= 0.6 is 0 Å². The molecule has 0 saturated heterocycles. The van der Waals surface area contributed by atoms with Gasteiger partial charge in [0, 0.05) is 5.69 Å². The number of carbonyl (C=O) groups is 1. The third kappa shape index (κ3) is 2.59. The number of benzene rings is 1. The zero-order valence-electron chi connectivity index (χ0n) is 9.70. The van der Waals surface area contributed by atoms with Crippen molar-refractivity contribution in [3.63, 3.8) is 0 Å². The minimum absolute atomic E-state index is 0.0813. The maximum absolute atomic E-state index is 11.5. The largest absolute Gasteiger partial charge is 0.399 e. The number of rotatable bonds is 2. The molecule has 17 heavy (non-hydrogen) atoms. The van der Waals surface area contributed by atoms with E-state index >= 15 is 0 Å². The summed E-state index contributed by atoms with van der Waals surface area (Å²) in [6, 6.07) is 5.96. The maximum atomic E-state index is 11.5. The molecule has 0 aromatic heterocycles. The van der Waals surface area contributed by atoms with Gasteiger partial charge in [0.2, 0.25) is 5.91 Å². The van der Waals surface area contributed by atoms with Gasteiger partial charge in [-0.3, -0.25) is 4.79 Å². The van der Waals surface area contributed by atoms with Gasteiger partial charge in [-0.2, -0.15) is 0 Å². The van der Waals surface area contributed by atoms with E-state index in [-0.39, 0.29) is 18.4 Å². The second-order valence-corrected chi connectivity index (χ2v) is 4.35. The van der Waals surface area contributed by atoms with Gasteiger partial charge in [-0.1, -0.05) is 12.0 Å². The van der Waals surface area contributed by atoms with Gasteiger partial charge < -0.3 is 11.1 Å². The Labute approximate surface area is 101 Å². The van der Waals surface area contributed by atoms with E-state index in [9.17, 15) is 4.79 Å². The van der Waals surface area contributed by atoms with Gasteiger partial charge in [0.05, 0.1) is 12.5 Å². The summed E-state index contributed by atoms with van der Waals surface area (Å²) in [5.41, 5.74) is 8.95. The SMILES string of the molecule is C#CCC(=O)NC1CCCc2cc(N)ccc21. The molecule has 0 heterocycles. The molecule has 3 N–H and O–H groups in total. The predicted molar refractivity (Wildman–Crippen MR) is 68.1 cm³/mol. The van der Waals surface area contributed by atoms with Crippen LogP contribution in [-0.4, -0.2) is 5.91 Å². The molecule has 0 aliphatic heterocycles. The summed E-state index contributed by atoms with van der Waals surface area (Å²) >= 11 is 0. The van der Waals surface area contributed by atoms with E-state index in [1.165, 1.54) is 11.1 Å². The Hall–Kier alpha value is -1.95. The van der Waals surface area contributed by atoms with Gasteiger partial charge in [0.15, 0.2) is 0 Å². The van der Waals surface area contributed by atoms with Crippen molar-refractivity contribution in [3.05, 3.63) is 29.3 Å². The first kappa shape index (κ1) is 11.5. The highest BCUT2D eigenvalue weighted by Crippen LogP contribution is 2.30. The van der Waals surface area contributed by atoms with Crippen LogP contribution in [0.3, 0.4) is 0 Å². The third-order valence-corrected chi connectivity index (χ3v) is 3.08. The van der Waals surface area contributed by atoms with Crippen LogP contribution in [0.4, 0.5) is 5.69 Å². The van der Waals surface area contributed by atoms with Gasteiger partial charge in [0.25, 0.3) is 0 Å². The Bertz CT molecular complexity index is 474. The van der Waals surface area contributed by atoms with Crippen LogP contribution in [-0.2, 0) is 11.2 Å². The average molecular weight is 228 g/mol. The lowest BCUT2D eigenvalue weighted by Gasteiger charge is -2.26. The number of terminal acetylenes is 1. The van der Waals surface area contributed by atoms with Crippen molar-refractivity contribution >= 4 is 11.6 Å². The van der Waals surface area contributed by atoms with Crippen molar-refractivity contribution < 1.29 is 4.79 Å². The summed E-state index contributed by atoms with van der Waals surface area (Å²) in [7, 11) is 0. The molecule has 3 nitrogen and oxygen atoms in total. The molecular weight excluding hydrogens is 212 g/mol. The van der Waals surface area contributed by atoms with E-state index in [2.05, 4.69) is 11.2 Å². The molecule has 1 aromatic carbocycles. The molecule has 2 rings (SSSR count). The molecule has 0 saturated carbocycles. The number of hydrogen-bond donors (Lipinski definition) is 2. The highest BCUT2D eigenvalue weighted by atomic mass is 16.1. The Morgan fingerprint density at radius 1 is 1.59 bits per heavy atom. The van der Waals surface area contributed by atoms with Crippen LogP contribution < -0.4 is 11.1 Å². The van der Waals surface area contributed by atoms with Crippen LogP contribution in [0.15, 0.2) is 18.2 Å². The van der Waals surface area contributed by atoms with E-state index in [0.717, 1.165) is 24.9 Å². The minimum Gasteiger partial charge on any atom is -0.399 e. The number of carbonyl (C=O) groups excluding carboxylic acids is 1. The number of nitrogens with one attached hydrogen (secondary N) is 1. The van der Waals surface area contributed by atoms with Crippen LogP contribution in [0.2, 0.25) is 0 Å². The Kier molecular flexibility index (Phi) is 3.34. The van der Waals surface area contributed by atoms with Crippen LogP contribution in [0.5, 0.6) is 0 Å². The lowest BCUT2D eigenvalue weighted by Crippen LogP contribution is -2.30. The monoisotopic (exact) mass is 228 g/mol. The fourth-order valence-corrected chi connectivity index (χ4v) is 2.32. The van der Waals surface area contributed by atoms with E-state index in [0.29, 0.717) is 0 Å². The average Bonchev–Trinajstić information content (AvgIpc) is 2.29. The quantitative estimate of drug-likeness (QED) is 0.599. The second kappa shape index (κ2) is 4.92. The minimum atomic E-state index is -0.0813. The van der Waals surface area contributed by atoms with Gasteiger partial charge in [-0.05, 0) is 42.5 Å². The normalized spacial score (nSPS) is 17.9. The summed E-state index contributed by atoms with van der Waals surface area (Å²) < 4.78 is 0. The zero-order chi connectivity index (χ0) is 12.3. The lowest BCUT2D eigenvalue weighted by atomic mass is 9.87. The van der Waals surface area contributed by atoms with E-state index < -0.39 is 0 Å². The van der Waals surface area contributed by atoms with Gasteiger partial charge in [0.1, 0.15) is 0 Å². The molecule has 1 amide bonds. The van der Waals surface area contributed by atoms with Crippen LogP contribution in [0.25, 0.3) is 0 Å². The molecule has 1 aliphatic rings. The highest BCUT2D eigenvalue weighted by molar-refractivity contribution is 5.78.